The molecule has 122 valence electrons. The first-order valence-corrected chi connectivity index (χ1v) is 7.12. The molecule has 1 N–H and O–H groups in total. The zero-order valence-electron chi connectivity index (χ0n) is 12.3. The standard InChI is InChI=1S/C15H22F2N2.2ClH/c1-2-3-4-15(19-9-7-18-8-10-19)13-6-5-12(16)11-14(13)17;;/h5-6,11,15,18H,2-4,7-10H2,1H3;2*1H/t15-;;/m0../s1. The molecule has 1 heterocycles. The van der Waals surface area contributed by atoms with Gasteiger partial charge in [-0.05, 0) is 12.5 Å². The third kappa shape index (κ3) is 5.70. The predicted octanol–water partition coefficient (Wildman–Crippen LogP) is 3.94. The van der Waals surface area contributed by atoms with Crippen LogP contribution in [0.25, 0.3) is 0 Å². The van der Waals surface area contributed by atoms with Gasteiger partial charge in [0.1, 0.15) is 11.6 Å². The van der Waals surface area contributed by atoms with Gasteiger partial charge in [-0.1, -0.05) is 25.8 Å². The first-order valence-electron chi connectivity index (χ1n) is 7.12. The van der Waals surface area contributed by atoms with E-state index in [4.69, 9.17) is 0 Å². The van der Waals surface area contributed by atoms with Gasteiger partial charge in [-0.15, -0.1) is 24.8 Å². The molecular formula is C15H24Cl2F2N2. The minimum absolute atomic E-state index is 0. The predicted molar refractivity (Wildman–Crippen MR) is 87.6 cm³/mol. The maximum atomic E-state index is 14.0. The first kappa shape index (κ1) is 20.6. The van der Waals surface area contributed by atoms with Gasteiger partial charge >= 0.3 is 0 Å². The summed E-state index contributed by atoms with van der Waals surface area (Å²) in [7, 11) is 0. The third-order valence-electron chi connectivity index (χ3n) is 3.74. The van der Waals surface area contributed by atoms with Crippen molar-refractivity contribution in [3.8, 4) is 0 Å². The van der Waals surface area contributed by atoms with Crippen molar-refractivity contribution in [1.29, 1.82) is 0 Å². The van der Waals surface area contributed by atoms with Gasteiger partial charge in [0.05, 0.1) is 0 Å². The number of nitrogens with one attached hydrogen (secondary N) is 1. The molecule has 1 saturated heterocycles. The Morgan fingerprint density at radius 1 is 1.19 bits per heavy atom. The van der Waals surface area contributed by atoms with E-state index in [2.05, 4.69) is 17.1 Å². The molecule has 1 aromatic carbocycles. The molecule has 0 amide bonds. The molecule has 0 bridgehead atoms. The van der Waals surface area contributed by atoms with Gasteiger partial charge in [-0.2, -0.15) is 0 Å². The number of benzene rings is 1. The number of piperazine rings is 1. The highest BCUT2D eigenvalue weighted by molar-refractivity contribution is 5.85. The van der Waals surface area contributed by atoms with Crippen molar-refractivity contribution in [3.63, 3.8) is 0 Å². The summed E-state index contributed by atoms with van der Waals surface area (Å²) in [5, 5.41) is 3.31. The zero-order chi connectivity index (χ0) is 13.7. The monoisotopic (exact) mass is 340 g/mol. The Hall–Kier alpha value is -0.420. The lowest BCUT2D eigenvalue weighted by molar-refractivity contribution is 0.160. The highest BCUT2D eigenvalue weighted by Crippen LogP contribution is 2.29. The molecule has 1 atom stereocenters. The lowest BCUT2D eigenvalue weighted by atomic mass is 9.98. The largest absolute Gasteiger partial charge is 0.314 e. The maximum absolute atomic E-state index is 14.0. The summed E-state index contributed by atoms with van der Waals surface area (Å²) in [5.41, 5.74) is 0.636. The van der Waals surface area contributed by atoms with Crippen LogP contribution in [0.5, 0.6) is 0 Å². The summed E-state index contributed by atoms with van der Waals surface area (Å²) in [6.07, 6.45) is 3.08. The zero-order valence-corrected chi connectivity index (χ0v) is 13.9. The molecule has 0 aromatic heterocycles. The topological polar surface area (TPSA) is 15.3 Å². The van der Waals surface area contributed by atoms with Crippen LogP contribution in [0.4, 0.5) is 8.78 Å². The van der Waals surface area contributed by atoms with Crippen LogP contribution in [-0.2, 0) is 0 Å². The quantitative estimate of drug-likeness (QED) is 0.873. The van der Waals surface area contributed by atoms with Crippen LogP contribution in [0.3, 0.4) is 0 Å². The van der Waals surface area contributed by atoms with Gasteiger partial charge in [-0.3, -0.25) is 4.90 Å². The Bertz CT molecular complexity index is 413. The van der Waals surface area contributed by atoms with Crippen LogP contribution in [0.15, 0.2) is 18.2 Å². The summed E-state index contributed by atoms with van der Waals surface area (Å²) in [4.78, 5) is 2.31. The van der Waals surface area contributed by atoms with Gasteiger partial charge < -0.3 is 5.32 Å². The van der Waals surface area contributed by atoms with Crippen molar-refractivity contribution in [2.45, 2.75) is 32.2 Å². The molecule has 0 saturated carbocycles. The average Bonchev–Trinajstić information content (AvgIpc) is 2.42. The van der Waals surface area contributed by atoms with Crippen LogP contribution < -0.4 is 5.32 Å². The van der Waals surface area contributed by atoms with E-state index >= 15 is 0 Å². The van der Waals surface area contributed by atoms with Crippen molar-refractivity contribution in [2.75, 3.05) is 26.2 Å². The number of halogens is 4. The molecule has 0 unspecified atom stereocenters. The molecule has 0 radical (unpaired) electrons. The number of rotatable bonds is 5. The average molecular weight is 341 g/mol. The molecule has 21 heavy (non-hydrogen) atoms. The second-order valence-electron chi connectivity index (χ2n) is 5.11. The summed E-state index contributed by atoms with van der Waals surface area (Å²) < 4.78 is 27.0. The van der Waals surface area contributed by atoms with E-state index in [0.717, 1.165) is 51.5 Å². The van der Waals surface area contributed by atoms with E-state index in [0.29, 0.717) is 5.56 Å². The Morgan fingerprint density at radius 2 is 1.86 bits per heavy atom. The summed E-state index contributed by atoms with van der Waals surface area (Å²) >= 11 is 0. The Kier molecular flexibility index (Phi) is 10.1. The molecule has 0 aliphatic carbocycles. The van der Waals surface area contributed by atoms with E-state index in [-0.39, 0.29) is 30.9 Å². The van der Waals surface area contributed by atoms with Crippen molar-refractivity contribution in [1.82, 2.24) is 10.2 Å². The molecule has 0 spiro atoms. The minimum atomic E-state index is -0.504. The Morgan fingerprint density at radius 3 is 2.43 bits per heavy atom. The normalized spacial score (nSPS) is 16.7. The number of nitrogens with zero attached hydrogens (tertiary/aromatic N) is 1. The van der Waals surface area contributed by atoms with Crippen molar-refractivity contribution in [2.24, 2.45) is 0 Å². The fraction of sp³-hybridized carbons (Fsp3) is 0.600. The summed E-state index contributed by atoms with van der Waals surface area (Å²) in [6, 6.07) is 4.03. The highest BCUT2D eigenvalue weighted by Gasteiger charge is 2.24. The smallest absolute Gasteiger partial charge is 0.130 e. The molecular weight excluding hydrogens is 317 g/mol. The number of hydrogen-bond donors (Lipinski definition) is 1. The molecule has 6 heteroatoms. The van der Waals surface area contributed by atoms with E-state index in [1.54, 1.807) is 6.07 Å². The number of unbranched alkanes of at least 4 members (excludes halogenated alkanes) is 1. The highest BCUT2D eigenvalue weighted by atomic mass is 35.5. The molecule has 1 fully saturated rings. The fourth-order valence-corrected chi connectivity index (χ4v) is 2.70. The first-order chi connectivity index (χ1) is 9.22. The van der Waals surface area contributed by atoms with E-state index in [1.165, 1.54) is 6.07 Å². The molecule has 1 aliphatic heterocycles. The van der Waals surface area contributed by atoms with Crippen molar-refractivity contribution >= 4 is 24.8 Å². The van der Waals surface area contributed by atoms with Crippen LogP contribution >= 0.6 is 24.8 Å². The van der Waals surface area contributed by atoms with Gasteiger partial charge in [0.15, 0.2) is 0 Å². The van der Waals surface area contributed by atoms with E-state index in [9.17, 15) is 8.78 Å². The number of hydrogen-bond acceptors (Lipinski definition) is 2. The summed E-state index contributed by atoms with van der Waals surface area (Å²) in [5.74, 6) is -0.921. The SMILES string of the molecule is CCCC[C@@H](c1ccc(F)cc1F)N1CCNCC1.Cl.Cl. The van der Waals surface area contributed by atoms with Crippen LogP contribution in [0.2, 0.25) is 0 Å². The van der Waals surface area contributed by atoms with Crippen LogP contribution in [0, 0.1) is 11.6 Å². The Labute approximate surface area is 138 Å². The molecule has 1 aromatic rings. The Balaban J connectivity index is 0.00000200. The summed E-state index contributed by atoms with van der Waals surface area (Å²) in [6.45, 7) is 5.85. The van der Waals surface area contributed by atoms with E-state index < -0.39 is 11.6 Å². The molecule has 2 nitrogen and oxygen atoms in total. The molecule has 2 rings (SSSR count). The van der Waals surface area contributed by atoms with Gasteiger partial charge in [0, 0.05) is 43.9 Å². The van der Waals surface area contributed by atoms with Gasteiger partial charge in [0.25, 0.3) is 0 Å². The van der Waals surface area contributed by atoms with Crippen LogP contribution in [0.1, 0.15) is 37.8 Å². The lowest BCUT2D eigenvalue weighted by Crippen LogP contribution is -2.45. The van der Waals surface area contributed by atoms with Crippen molar-refractivity contribution < 1.29 is 8.78 Å². The third-order valence-corrected chi connectivity index (χ3v) is 3.74. The second kappa shape index (κ2) is 10.3. The second-order valence-corrected chi connectivity index (χ2v) is 5.11. The van der Waals surface area contributed by atoms with Crippen LogP contribution in [-0.4, -0.2) is 31.1 Å². The minimum Gasteiger partial charge on any atom is -0.314 e. The molecule has 1 aliphatic rings. The van der Waals surface area contributed by atoms with E-state index in [1.807, 2.05) is 0 Å². The maximum Gasteiger partial charge on any atom is 0.130 e. The lowest BCUT2D eigenvalue weighted by Gasteiger charge is -2.35. The fourth-order valence-electron chi connectivity index (χ4n) is 2.70. The van der Waals surface area contributed by atoms with Gasteiger partial charge in [-0.25, -0.2) is 8.78 Å². The van der Waals surface area contributed by atoms with Gasteiger partial charge in [0.2, 0.25) is 0 Å². The van der Waals surface area contributed by atoms with Crippen molar-refractivity contribution in [3.05, 3.63) is 35.4 Å².